The molecule has 2 atom stereocenters. The first-order valence-corrected chi connectivity index (χ1v) is 8.88. The number of hydrogen-bond acceptors (Lipinski definition) is 4. The van der Waals surface area contributed by atoms with Crippen molar-refractivity contribution in [2.45, 2.75) is 19.0 Å². The lowest BCUT2D eigenvalue weighted by molar-refractivity contribution is -0.188. The van der Waals surface area contributed by atoms with Gasteiger partial charge >= 0.3 is 12.1 Å². The maximum absolute atomic E-state index is 13.1. The fraction of sp³-hybridized carbons (Fsp3) is 0.500. The predicted octanol–water partition coefficient (Wildman–Crippen LogP) is 1.95. The van der Waals surface area contributed by atoms with E-state index in [1.54, 1.807) is 29.2 Å². The largest absolute Gasteiger partial charge is 0.481 e. The van der Waals surface area contributed by atoms with Gasteiger partial charge in [0.1, 0.15) is 0 Å². The Morgan fingerprint density at radius 2 is 1.93 bits per heavy atom. The molecule has 7 nitrogen and oxygen atoms in total. The van der Waals surface area contributed by atoms with Gasteiger partial charge in [0, 0.05) is 26.1 Å². The molecule has 152 valence electrons. The van der Waals surface area contributed by atoms with Crippen LogP contribution in [-0.2, 0) is 14.4 Å². The van der Waals surface area contributed by atoms with E-state index < -0.39 is 36.4 Å². The van der Waals surface area contributed by atoms with Crippen molar-refractivity contribution in [2.75, 3.05) is 36.4 Å². The minimum absolute atomic E-state index is 0.0569. The van der Waals surface area contributed by atoms with Crippen LogP contribution in [-0.4, -0.2) is 60.1 Å². The number of carbonyl (C=O) groups is 3. The number of amides is 2. The highest BCUT2D eigenvalue weighted by Crippen LogP contribution is 2.37. The summed E-state index contributed by atoms with van der Waals surface area (Å²) in [7, 11) is 0. The number of likely N-dealkylation sites (tertiary alicyclic amines) is 1. The zero-order valence-electron chi connectivity index (χ0n) is 14.9. The maximum atomic E-state index is 13.1. The minimum atomic E-state index is -4.64. The molecule has 2 saturated heterocycles. The fourth-order valence-corrected chi connectivity index (χ4v) is 3.71. The number of nitrogens with zero attached hydrogens (tertiary/aromatic N) is 2. The molecule has 28 heavy (non-hydrogen) atoms. The molecule has 0 unspecified atom stereocenters. The lowest BCUT2D eigenvalue weighted by Crippen LogP contribution is -2.34. The van der Waals surface area contributed by atoms with Crippen molar-refractivity contribution in [1.29, 1.82) is 0 Å². The van der Waals surface area contributed by atoms with E-state index in [1.165, 1.54) is 4.90 Å². The van der Waals surface area contributed by atoms with Crippen molar-refractivity contribution < 1.29 is 32.7 Å². The van der Waals surface area contributed by atoms with Crippen LogP contribution >= 0.6 is 0 Å². The van der Waals surface area contributed by atoms with Crippen LogP contribution in [0.3, 0.4) is 0 Å². The summed E-state index contributed by atoms with van der Waals surface area (Å²) >= 11 is 0. The van der Waals surface area contributed by atoms with Crippen LogP contribution in [0, 0.1) is 11.8 Å². The van der Waals surface area contributed by atoms with Crippen molar-refractivity contribution in [2.24, 2.45) is 11.8 Å². The van der Waals surface area contributed by atoms with Gasteiger partial charge in [0.15, 0.2) is 0 Å². The second-order valence-electron chi connectivity index (χ2n) is 7.00. The number of carbonyl (C=O) groups excluding carboxylic acids is 2. The smallest absolute Gasteiger partial charge is 0.393 e. The molecule has 0 saturated carbocycles. The van der Waals surface area contributed by atoms with Crippen LogP contribution in [0.25, 0.3) is 0 Å². The van der Waals surface area contributed by atoms with Gasteiger partial charge in [0.2, 0.25) is 11.8 Å². The molecule has 10 heteroatoms. The van der Waals surface area contributed by atoms with Gasteiger partial charge in [0.25, 0.3) is 0 Å². The third-order valence-electron chi connectivity index (χ3n) is 5.04. The van der Waals surface area contributed by atoms with Gasteiger partial charge in [-0.1, -0.05) is 12.1 Å². The van der Waals surface area contributed by atoms with Gasteiger partial charge in [-0.2, -0.15) is 13.2 Å². The standard InChI is InChI=1S/C18H20F3N3O4/c19-18(20,21)12-9-23(8-11(12)17(27)28)10-15(25)22-13-4-1-2-5-14(13)24-7-3-6-16(24)26/h1-2,4-5,11-12H,3,6-10H2,(H,22,25)(H,27,28)/t11-,12-/m1/s1. The number of aliphatic carboxylic acids is 1. The number of anilines is 2. The average molecular weight is 399 g/mol. The molecule has 0 aromatic heterocycles. The van der Waals surface area contributed by atoms with E-state index in [0.29, 0.717) is 30.8 Å². The first kappa shape index (κ1) is 20.1. The van der Waals surface area contributed by atoms with Gasteiger partial charge < -0.3 is 15.3 Å². The number of nitrogens with one attached hydrogen (secondary N) is 1. The Hall–Kier alpha value is -2.62. The highest BCUT2D eigenvalue weighted by molar-refractivity contribution is 6.02. The van der Waals surface area contributed by atoms with Crippen LogP contribution in [0.2, 0.25) is 0 Å². The van der Waals surface area contributed by atoms with Crippen molar-refractivity contribution in [3.63, 3.8) is 0 Å². The summed E-state index contributed by atoms with van der Waals surface area (Å²) in [6.45, 7) is -0.719. The molecule has 1 aromatic carbocycles. The Morgan fingerprint density at radius 3 is 2.50 bits per heavy atom. The molecule has 2 heterocycles. The SMILES string of the molecule is O=C(CN1C[C@@H](C(F)(F)F)[C@H](C(=O)O)C1)Nc1ccccc1N1CCCC1=O. The summed E-state index contributed by atoms with van der Waals surface area (Å²) < 4.78 is 39.2. The van der Waals surface area contributed by atoms with Crippen LogP contribution in [0.4, 0.5) is 24.5 Å². The van der Waals surface area contributed by atoms with E-state index in [1.807, 2.05) is 0 Å². The Bertz CT molecular complexity index is 784. The summed E-state index contributed by atoms with van der Waals surface area (Å²) in [4.78, 5) is 38.2. The number of benzene rings is 1. The Labute approximate surface area is 159 Å². The van der Waals surface area contributed by atoms with Crippen LogP contribution in [0.15, 0.2) is 24.3 Å². The second-order valence-corrected chi connectivity index (χ2v) is 7.00. The van der Waals surface area contributed by atoms with Crippen LogP contribution < -0.4 is 10.2 Å². The highest BCUT2D eigenvalue weighted by Gasteiger charge is 2.52. The molecule has 2 amide bonds. The quantitative estimate of drug-likeness (QED) is 0.790. The molecular formula is C18H20F3N3O4. The van der Waals surface area contributed by atoms with Crippen LogP contribution in [0.5, 0.6) is 0 Å². The summed E-state index contributed by atoms with van der Waals surface area (Å²) in [5.74, 6) is -5.75. The summed E-state index contributed by atoms with van der Waals surface area (Å²) in [6.07, 6.45) is -3.51. The average Bonchev–Trinajstić information content (AvgIpc) is 3.21. The molecule has 2 N–H and O–H groups in total. The molecule has 1 aromatic rings. The molecule has 3 rings (SSSR count). The summed E-state index contributed by atoms with van der Waals surface area (Å²) in [5, 5.41) is 11.7. The Kier molecular flexibility index (Phi) is 5.59. The number of para-hydroxylation sites is 2. The third kappa shape index (κ3) is 4.27. The van der Waals surface area contributed by atoms with Crippen LogP contribution in [0.1, 0.15) is 12.8 Å². The zero-order chi connectivity index (χ0) is 20.5. The zero-order valence-corrected chi connectivity index (χ0v) is 14.9. The van der Waals surface area contributed by atoms with E-state index >= 15 is 0 Å². The number of rotatable bonds is 5. The van der Waals surface area contributed by atoms with Crippen molar-refractivity contribution in [3.05, 3.63) is 24.3 Å². The molecule has 0 radical (unpaired) electrons. The molecule has 0 bridgehead atoms. The highest BCUT2D eigenvalue weighted by atomic mass is 19.4. The molecule has 2 aliphatic rings. The molecule has 2 fully saturated rings. The number of carboxylic acid groups (broad SMARTS) is 1. The van der Waals surface area contributed by atoms with E-state index in [-0.39, 0.29) is 19.0 Å². The normalized spacial score (nSPS) is 23.2. The summed E-state index contributed by atoms with van der Waals surface area (Å²) in [6, 6.07) is 6.70. The van der Waals surface area contributed by atoms with Gasteiger partial charge in [-0.25, -0.2) is 0 Å². The number of carboxylic acids is 1. The van der Waals surface area contributed by atoms with E-state index in [0.717, 1.165) is 0 Å². The second kappa shape index (κ2) is 7.78. The van der Waals surface area contributed by atoms with Gasteiger partial charge in [-0.15, -0.1) is 0 Å². The van der Waals surface area contributed by atoms with Gasteiger partial charge in [-0.3, -0.25) is 19.3 Å². The molecular weight excluding hydrogens is 379 g/mol. The lowest BCUT2D eigenvalue weighted by Gasteiger charge is -2.21. The molecule has 0 spiro atoms. The monoisotopic (exact) mass is 399 g/mol. The van der Waals surface area contributed by atoms with Gasteiger partial charge in [-0.05, 0) is 18.6 Å². The summed E-state index contributed by atoms with van der Waals surface area (Å²) in [5.41, 5.74) is 0.931. The number of hydrogen-bond donors (Lipinski definition) is 2. The van der Waals surface area contributed by atoms with Crippen molar-refractivity contribution in [1.82, 2.24) is 4.90 Å². The number of alkyl halides is 3. The first-order valence-electron chi connectivity index (χ1n) is 8.88. The van der Waals surface area contributed by atoms with E-state index in [9.17, 15) is 27.6 Å². The molecule has 2 aliphatic heterocycles. The maximum Gasteiger partial charge on any atom is 0.393 e. The third-order valence-corrected chi connectivity index (χ3v) is 5.04. The van der Waals surface area contributed by atoms with Crippen molar-refractivity contribution in [3.8, 4) is 0 Å². The minimum Gasteiger partial charge on any atom is -0.481 e. The lowest BCUT2D eigenvalue weighted by atomic mass is 9.96. The van der Waals surface area contributed by atoms with Crippen molar-refractivity contribution >= 4 is 29.2 Å². The molecule has 0 aliphatic carbocycles. The Morgan fingerprint density at radius 1 is 1.21 bits per heavy atom. The first-order chi connectivity index (χ1) is 13.2. The topological polar surface area (TPSA) is 89.9 Å². The fourth-order valence-electron chi connectivity index (χ4n) is 3.71. The van der Waals surface area contributed by atoms with E-state index in [2.05, 4.69) is 5.32 Å². The number of halogens is 3. The van der Waals surface area contributed by atoms with E-state index in [4.69, 9.17) is 5.11 Å². The van der Waals surface area contributed by atoms with Gasteiger partial charge in [0.05, 0.1) is 29.8 Å². The predicted molar refractivity (Wildman–Crippen MR) is 93.8 cm³/mol. The Balaban J connectivity index is 1.67.